The first kappa shape index (κ1) is 11.5. The van der Waals surface area contributed by atoms with Crippen molar-refractivity contribution in [2.24, 2.45) is 0 Å². The number of rotatable bonds is 5. The van der Waals surface area contributed by atoms with E-state index < -0.39 is 0 Å². The first-order valence-corrected chi connectivity index (χ1v) is 5.69. The lowest BCUT2D eigenvalue weighted by molar-refractivity contribution is 0.0988. The summed E-state index contributed by atoms with van der Waals surface area (Å²) in [5, 5.41) is 3.22. The minimum absolute atomic E-state index is 0.159. The topological polar surface area (TPSA) is 42.2 Å². The predicted molar refractivity (Wildman–Crippen MR) is 67.1 cm³/mol. The van der Waals surface area contributed by atoms with Crippen LogP contribution in [0.5, 0.6) is 0 Å². The van der Waals surface area contributed by atoms with E-state index in [9.17, 15) is 4.79 Å². The zero-order valence-corrected chi connectivity index (χ0v) is 9.77. The highest BCUT2D eigenvalue weighted by Gasteiger charge is 2.03. The number of benzene rings is 1. The molecule has 88 valence electrons. The van der Waals surface area contributed by atoms with Gasteiger partial charge in [0.1, 0.15) is 5.76 Å². The van der Waals surface area contributed by atoms with Crippen molar-refractivity contribution in [3.8, 4) is 0 Å². The lowest BCUT2D eigenvalue weighted by atomic mass is 10.1. The number of carbonyl (C=O) groups is 1. The highest BCUT2D eigenvalue weighted by Crippen LogP contribution is 2.13. The van der Waals surface area contributed by atoms with Gasteiger partial charge in [0, 0.05) is 17.7 Å². The van der Waals surface area contributed by atoms with Crippen molar-refractivity contribution >= 4 is 11.5 Å². The Kier molecular flexibility index (Phi) is 3.60. The molecule has 0 bridgehead atoms. The maximum Gasteiger partial charge on any atom is 0.162 e. The third-order valence-corrected chi connectivity index (χ3v) is 2.55. The van der Waals surface area contributed by atoms with Crippen molar-refractivity contribution in [2.45, 2.75) is 19.9 Å². The summed E-state index contributed by atoms with van der Waals surface area (Å²) < 4.78 is 5.22. The van der Waals surface area contributed by atoms with Gasteiger partial charge in [-0.2, -0.15) is 0 Å². The van der Waals surface area contributed by atoms with Crippen LogP contribution in [-0.2, 0) is 6.54 Å². The van der Waals surface area contributed by atoms with Crippen molar-refractivity contribution in [1.82, 2.24) is 0 Å². The predicted octanol–water partition coefficient (Wildman–Crippen LogP) is 3.48. The van der Waals surface area contributed by atoms with Crippen LogP contribution in [0, 0.1) is 0 Å². The zero-order chi connectivity index (χ0) is 12.1. The van der Waals surface area contributed by atoms with E-state index in [0.29, 0.717) is 13.0 Å². The molecule has 1 N–H and O–H groups in total. The van der Waals surface area contributed by atoms with Crippen LogP contribution in [0.15, 0.2) is 47.1 Å². The largest absolute Gasteiger partial charge is 0.467 e. The zero-order valence-electron chi connectivity index (χ0n) is 9.77. The quantitative estimate of drug-likeness (QED) is 0.798. The van der Waals surface area contributed by atoms with Crippen molar-refractivity contribution in [2.75, 3.05) is 5.32 Å². The van der Waals surface area contributed by atoms with Crippen LogP contribution in [0.25, 0.3) is 0 Å². The Hall–Kier alpha value is -2.03. The first-order valence-electron chi connectivity index (χ1n) is 5.69. The minimum atomic E-state index is 0.159. The van der Waals surface area contributed by atoms with E-state index in [2.05, 4.69) is 5.32 Å². The number of furan rings is 1. The summed E-state index contributed by atoms with van der Waals surface area (Å²) in [5.74, 6) is 1.03. The van der Waals surface area contributed by atoms with Crippen molar-refractivity contribution in [1.29, 1.82) is 0 Å². The number of nitrogens with one attached hydrogen (secondary N) is 1. The summed E-state index contributed by atoms with van der Waals surface area (Å²) in [6.07, 6.45) is 2.18. The van der Waals surface area contributed by atoms with E-state index in [1.807, 2.05) is 43.3 Å². The molecule has 0 fully saturated rings. The Bertz CT molecular complexity index is 489. The summed E-state index contributed by atoms with van der Waals surface area (Å²) in [5.41, 5.74) is 1.68. The molecule has 2 aromatic rings. The molecular formula is C14H15NO2. The number of carbonyl (C=O) groups excluding carboxylic acids is 1. The molecule has 0 unspecified atom stereocenters. The molecule has 0 aliphatic carbocycles. The molecule has 1 aromatic carbocycles. The van der Waals surface area contributed by atoms with Gasteiger partial charge in [0.25, 0.3) is 0 Å². The number of anilines is 1. The molecule has 1 aromatic heterocycles. The van der Waals surface area contributed by atoms with E-state index in [1.54, 1.807) is 6.26 Å². The average Bonchev–Trinajstić information content (AvgIpc) is 2.89. The van der Waals surface area contributed by atoms with Gasteiger partial charge in [-0.15, -0.1) is 0 Å². The van der Waals surface area contributed by atoms with Crippen LogP contribution in [0.2, 0.25) is 0 Å². The maximum atomic E-state index is 11.6. The Morgan fingerprint density at radius 1 is 1.29 bits per heavy atom. The van der Waals surface area contributed by atoms with Gasteiger partial charge in [-0.25, -0.2) is 0 Å². The fourth-order valence-corrected chi connectivity index (χ4v) is 1.61. The van der Waals surface area contributed by atoms with Gasteiger partial charge in [-0.1, -0.05) is 19.1 Å². The van der Waals surface area contributed by atoms with E-state index in [4.69, 9.17) is 4.42 Å². The standard InChI is InChI=1S/C14H15NO2/c1-2-14(16)11-5-3-6-12(9-11)15-10-13-7-4-8-17-13/h3-9,15H,2,10H2,1H3. The molecule has 0 amide bonds. The van der Waals surface area contributed by atoms with Crippen molar-refractivity contribution in [3.63, 3.8) is 0 Å². The van der Waals surface area contributed by atoms with E-state index in [0.717, 1.165) is 17.0 Å². The molecule has 0 saturated heterocycles. The Morgan fingerprint density at radius 3 is 2.88 bits per heavy atom. The summed E-state index contributed by atoms with van der Waals surface area (Å²) in [6.45, 7) is 2.49. The van der Waals surface area contributed by atoms with Crippen LogP contribution in [0.4, 0.5) is 5.69 Å². The minimum Gasteiger partial charge on any atom is -0.467 e. The van der Waals surface area contributed by atoms with Gasteiger partial charge in [0.2, 0.25) is 0 Å². The molecule has 0 aliphatic rings. The van der Waals surface area contributed by atoms with Gasteiger partial charge in [0.15, 0.2) is 5.78 Å². The molecule has 0 saturated carbocycles. The van der Waals surface area contributed by atoms with Crippen LogP contribution >= 0.6 is 0 Å². The average molecular weight is 229 g/mol. The van der Waals surface area contributed by atoms with Gasteiger partial charge in [-0.3, -0.25) is 4.79 Å². The summed E-state index contributed by atoms with van der Waals surface area (Å²) in [6, 6.07) is 11.3. The SMILES string of the molecule is CCC(=O)c1cccc(NCc2ccco2)c1. The summed E-state index contributed by atoms with van der Waals surface area (Å²) in [7, 11) is 0. The lowest BCUT2D eigenvalue weighted by Crippen LogP contribution is -2.01. The molecule has 2 rings (SSSR count). The van der Waals surface area contributed by atoms with Crippen molar-refractivity contribution < 1.29 is 9.21 Å². The monoisotopic (exact) mass is 229 g/mol. The Balaban J connectivity index is 2.03. The highest BCUT2D eigenvalue weighted by atomic mass is 16.3. The number of hydrogen-bond donors (Lipinski definition) is 1. The second-order valence-electron chi connectivity index (χ2n) is 3.79. The van der Waals surface area contributed by atoms with Crippen LogP contribution < -0.4 is 5.32 Å². The van der Waals surface area contributed by atoms with Gasteiger partial charge < -0.3 is 9.73 Å². The number of ketones is 1. The third kappa shape index (κ3) is 2.97. The number of Topliss-reactive ketones (excluding diaryl/α,β-unsaturated/α-hetero) is 1. The lowest BCUT2D eigenvalue weighted by Gasteiger charge is -2.06. The second-order valence-corrected chi connectivity index (χ2v) is 3.79. The Labute approximate surface area is 100 Å². The molecule has 0 atom stereocenters. The van der Waals surface area contributed by atoms with Gasteiger partial charge >= 0.3 is 0 Å². The van der Waals surface area contributed by atoms with E-state index >= 15 is 0 Å². The molecule has 1 heterocycles. The summed E-state index contributed by atoms with van der Waals surface area (Å²) in [4.78, 5) is 11.6. The molecule has 0 spiro atoms. The molecule has 17 heavy (non-hydrogen) atoms. The molecule has 0 radical (unpaired) electrons. The molecule has 3 heteroatoms. The maximum absolute atomic E-state index is 11.6. The third-order valence-electron chi connectivity index (χ3n) is 2.55. The molecular weight excluding hydrogens is 214 g/mol. The van der Waals surface area contributed by atoms with E-state index in [1.165, 1.54) is 0 Å². The second kappa shape index (κ2) is 5.34. The smallest absolute Gasteiger partial charge is 0.162 e. The molecule has 0 aliphatic heterocycles. The number of hydrogen-bond acceptors (Lipinski definition) is 3. The van der Waals surface area contributed by atoms with Gasteiger partial charge in [0.05, 0.1) is 12.8 Å². The van der Waals surface area contributed by atoms with Crippen molar-refractivity contribution in [3.05, 3.63) is 54.0 Å². The Morgan fingerprint density at radius 2 is 2.18 bits per heavy atom. The van der Waals surface area contributed by atoms with Crippen LogP contribution in [0.3, 0.4) is 0 Å². The van der Waals surface area contributed by atoms with Crippen LogP contribution in [0.1, 0.15) is 29.5 Å². The highest BCUT2D eigenvalue weighted by molar-refractivity contribution is 5.96. The first-order chi connectivity index (χ1) is 8.29. The van der Waals surface area contributed by atoms with E-state index in [-0.39, 0.29) is 5.78 Å². The molecule has 3 nitrogen and oxygen atoms in total. The van der Waals surface area contributed by atoms with Gasteiger partial charge in [-0.05, 0) is 24.3 Å². The fourth-order valence-electron chi connectivity index (χ4n) is 1.61. The fraction of sp³-hybridized carbons (Fsp3) is 0.214. The summed E-state index contributed by atoms with van der Waals surface area (Å²) >= 11 is 0. The normalized spacial score (nSPS) is 10.2. The van der Waals surface area contributed by atoms with Crippen LogP contribution in [-0.4, -0.2) is 5.78 Å².